The van der Waals surface area contributed by atoms with E-state index in [9.17, 15) is 14.3 Å². The summed E-state index contributed by atoms with van der Waals surface area (Å²) in [6.07, 6.45) is 5.21. The predicted octanol–water partition coefficient (Wildman–Crippen LogP) is 2.18. The third-order valence-corrected chi connectivity index (χ3v) is 3.86. The van der Waals surface area contributed by atoms with Gasteiger partial charge in [0.05, 0.1) is 12.2 Å². The molecule has 1 aromatic carbocycles. The lowest BCUT2D eigenvalue weighted by atomic mass is 9.93. The summed E-state index contributed by atoms with van der Waals surface area (Å²) >= 11 is 0. The van der Waals surface area contributed by atoms with Crippen molar-refractivity contribution in [1.29, 1.82) is 0 Å². The number of carbonyl (C=O) groups is 1. The molecule has 0 bridgehead atoms. The van der Waals surface area contributed by atoms with Crippen LogP contribution in [0.25, 0.3) is 0 Å². The van der Waals surface area contributed by atoms with E-state index in [1.165, 1.54) is 24.6 Å². The number of hydrogen-bond acceptors (Lipinski definition) is 3. The molecule has 5 heteroatoms. The van der Waals surface area contributed by atoms with Crippen LogP contribution in [0.4, 0.5) is 10.1 Å². The van der Waals surface area contributed by atoms with Crippen LogP contribution < -0.4 is 5.73 Å². The summed E-state index contributed by atoms with van der Waals surface area (Å²) < 4.78 is 13.3. The van der Waals surface area contributed by atoms with Gasteiger partial charge < -0.3 is 15.7 Å². The molecule has 2 rings (SSSR count). The number of nitrogen functional groups attached to an aromatic ring is 1. The third kappa shape index (κ3) is 3.28. The van der Waals surface area contributed by atoms with Crippen LogP contribution in [-0.2, 0) is 0 Å². The molecule has 1 saturated carbocycles. The first-order chi connectivity index (χ1) is 9.63. The van der Waals surface area contributed by atoms with Crippen molar-refractivity contribution in [2.45, 2.75) is 38.1 Å². The van der Waals surface area contributed by atoms with Crippen LogP contribution in [0, 0.1) is 5.82 Å². The number of aliphatic hydroxyl groups excluding tert-OH is 1. The fourth-order valence-electron chi connectivity index (χ4n) is 2.82. The van der Waals surface area contributed by atoms with Crippen LogP contribution in [0.2, 0.25) is 0 Å². The van der Waals surface area contributed by atoms with Crippen molar-refractivity contribution in [1.82, 2.24) is 4.90 Å². The van der Waals surface area contributed by atoms with Gasteiger partial charge in [-0.1, -0.05) is 19.3 Å². The Balaban J connectivity index is 2.23. The molecule has 0 unspecified atom stereocenters. The molecule has 1 fully saturated rings. The van der Waals surface area contributed by atoms with Crippen molar-refractivity contribution in [2.24, 2.45) is 0 Å². The first-order valence-corrected chi connectivity index (χ1v) is 7.10. The quantitative estimate of drug-likeness (QED) is 0.831. The Hall–Kier alpha value is -1.62. The molecule has 1 amide bonds. The molecule has 0 aromatic heterocycles. The highest BCUT2D eigenvalue weighted by Gasteiger charge is 2.27. The maximum absolute atomic E-state index is 13.3. The van der Waals surface area contributed by atoms with Gasteiger partial charge in [0.25, 0.3) is 5.91 Å². The largest absolute Gasteiger partial charge is 0.398 e. The molecule has 20 heavy (non-hydrogen) atoms. The van der Waals surface area contributed by atoms with E-state index in [1.54, 1.807) is 4.90 Å². The summed E-state index contributed by atoms with van der Waals surface area (Å²) in [7, 11) is 0. The third-order valence-electron chi connectivity index (χ3n) is 3.86. The van der Waals surface area contributed by atoms with Crippen LogP contribution in [0.15, 0.2) is 18.2 Å². The summed E-state index contributed by atoms with van der Waals surface area (Å²) in [5, 5.41) is 9.19. The molecule has 0 aliphatic heterocycles. The number of nitrogens with zero attached hydrogens (tertiary/aromatic N) is 1. The Morgan fingerprint density at radius 2 is 2.05 bits per heavy atom. The van der Waals surface area contributed by atoms with Crippen LogP contribution in [0.3, 0.4) is 0 Å². The minimum atomic E-state index is -0.477. The standard InChI is InChI=1S/C15H21FN2O2/c16-11-6-7-14(17)13(10-11)15(20)18(8-9-19)12-4-2-1-3-5-12/h6-7,10,12,19H,1-5,8-9,17H2. The van der Waals surface area contributed by atoms with E-state index in [0.717, 1.165) is 25.7 Å². The second-order valence-electron chi connectivity index (χ2n) is 5.25. The van der Waals surface area contributed by atoms with E-state index < -0.39 is 5.82 Å². The average molecular weight is 280 g/mol. The number of halogens is 1. The number of nitrogens with two attached hydrogens (primary N) is 1. The molecule has 0 atom stereocenters. The SMILES string of the molecule is Nc1ccc(F)cc1C(=O)N(CCO)C1CCCCC1. The van der Waals surface area contributed by atoms with Crippen molar-refractivity contribution >= 4 is 11.6 Å². The zero-order chi connectivity index (χ0) is 14.5. The molecule has 3 N–H and O–H groups in total. The second kappa shape index (κ2) is 6.70. The Morgan fingerprint density at radius 3 is 2.70 bits per heavy atom. The van der Waals surface area contributed by atoms with E-state index in [0.29, 0.717) is 0 Å². The van der Waals surface area contributed by atoms with Crippen molar-refractivity contribution in [3.63, 3.8) is 0 Å². The van der Waals surface area contributed by atoms with E-state index >= 15 is 0 Å². The zero-order valence-corrected chi connectivity index (χ0v) is 11.5. The van der Waals surface area contributed by atoms with Crippen LogP contribution in [0.1, 0.15) is 42.5 Å². The van der Waals surface area contributed by atoms with Gasteiger partial charge >= 0.3 is 0 Å². The van der Waals surface area contributed by atoms with Gasteiger partial charge in [-0.25, -0.2) is 4.39 Å². The fraction of sp³-hybridized carbons (Fsp3) is 0.533. The molecule has 0 spiro atoms. The number of carbonyl (C=O) groups excluding carboxylic acids is 1. The molecule has 0 heterocycles. The average Bonchev–Trinajstić information content (AvgIpc) is 2.47. The number of benzene rings is 1. The lowest BCUT2D eigenvalue weighted by Crippen LogP contribution is -2.43. The fourth-order valence-corrected chi connectivity index (χ4v) is 2.82. The summed E-state index contributed by atoms with van der Waals surface area (Å²) in [6.45, 7) is 0.164. The number of hydrogen-bond donors (Lipinski definition) is 2. The zero-order valence-electron chi connectivity index (χ0n) is 11.5. The summed E-state index contributed by atoms with van der Waals surface area (Å²) in [5.74, 6) is -0.766. The molecule has 0 radical (unpaired) electrons. The summed E-state index contributed by atoms with van der Waals surface area (Å²) in [5.41, 5.74) is 6.23. The van der Waals surface area contributed by atoms with Crippen molar-refractivity contribution in [3.8, 4) is 0 Å². The highest BCUT2D eigenvalue weighted by molar-refractivity contribution is 5.99. The van der Waals surface area contributed by atoms with Gasteiger partial charge in [0.1, 0.15) is 5.82 Å². The Bertz CT molecular complexity index is 473. The molecule has 1 aliphatic carbocycles. The molecule has 1 aliphatic rings. The van der Waals surface area contributed by atoms with E-state index in [1.807, 2.05) is 0 Å². The number of aliphatic hydroxyl groups is 1. The van der Waals surface area contributed by atoms with Gasteiger partial charge in [-0.2, -0.15) is 0 Å². The molecular formula is C15H21FN2O2. The maximum Gasteiger partial charge on any atom is 0.256 e. The van der Waals surface area contributed by atoms with Crippen molar-refractivity contribution in [2.75, 3.05) is 18.9 Å². The normalized spacial score (nSPS) is 16.1. The topological polar surface area (TPSA) is 66.6 Å². The number of rotatable bonds is 4. The van der Waals surface area contributed by atoms with Gasteiger partial charge in [-0.05, 0) is 31.0 Å². The molecule has 1 aromatic rings. The Morgan fingerprint density at radius 1 is 1.35 bits per heavy atom. The Kier molecular flexibility index (Phi) is 4.95. The summed E-state index contributed by atoms with van der Waals surface area (Å²) in [4.78, 5) is 14.2. The van der Waals surface area contributed by atoms with E-state index in [-0.39, 0.29) is 36.4 Å². The summed E-state index contributed by atoms with van der Waals surface area (Å²) in [6, 6.07) is 3.93. The molecule has 110 valence electrons. The highest BCUT2D eigenvalue weighted by atomic mass is 19.1. The van der Waals surface area contributed by atoms with Crippen molar-refractivity contribution in [3.05, 3.63) is 29.6 Å². The van der Waals surface area contributed by atoms with Gasteiger partial charge in [-0.3, -0.25) is 4.79 Å². The second-order valence-corrected chi connectivity index (χ2v) is 5.25. The first kappa shape index (κ1) is 14.8. The lowest BCUT2D eigenvalue weighted by molar-refractivity contribution is 0.0586. The first-order valence-electron chi connectivity index (χ1n) is 7.10. The smallest absolute Gasteiger partial charge is 0.256 e. The molecule has 4 nitrogen and oxygen atoms in total. The van der Waals surface area contributed by atoms with Gasteiger partial charge in [0.2, 0.25) is 0 Å². The van der Waals surface area contributed by atoms with Gasteiger partial charge in [0.15, 0.2) is 0 Å². The van der Waals surface area contributed by atoms with Crippen molar-refractivity contribution < 1.29 is 14.3 Å². The van der Waals surface area contributed by atoms with Gasteiger partial charge in [-0.15, -0.1) is 0 Å². The van der Waals surface area contributed by atoms with Crippen LogP contribution in [-0.4, -0.2) is 35.1 Å². The monoisotopic (exact) mass is 280 g/mol. The van der Waals surface area contributed by atoms with E-state index in [2.05, 4.69) is 0 Å². The minimum Gasteiger partial charge on any atom is -0.398 e. The molecular weight excluding hydrogens is 259 g/mol. The predicted molar refractivity (Wildman–Crippen MR) is 75.8 cm³/mol. The van der Waals surface area contributed by atoms with Crippen LogP contribution >= 0.6 is 0 Å². The Labute approximate surface area is 118 Å². The number of anilines is 1. The highest BCUT2D eigenvalue weighted by Crippen LogP contribution is 2.25. The maximum atomic E-state index is 13.3. The van der Waals surface area contributed by atoms with E-state index in [4.69, 9.17) is 5.73 Å². The van der Waals surface area contributed by atoms with Crippen LogP contribution in [0.5, 0.6) is 0 Å². The lowest BCUT2D eigenvalue weighted by Gasteiger charge is -2.34. The number of amides is 1. The molecule has 0 saturated heterocycles. The van der Waals surface area contributed by atoms with Gasteiger partial charge in [0, 0.05) is 18.3 Å². The minimum absolute atomic E-state index is 0.0997.